The zero-order valence-corrected chi connectivity index (χ0v) is 12.0. The Kier molecular flexibility index (Phi) is 5.00. The second-order valence-corrected chi connectivity index (χ2v) is 5.49. The molecule has 0 radical (unpaired) electrons. The molecule has 1 aromatic rings. The summed E-state index contributed by atoms with van der Waals surface area (Å²) in [5, 5.41) is 0. The number of carbonyl (C=O) groups is 1. The molecule has 2 rings (SSSR count). The number of ether oxygens (including phenoxy) is 1. The van der Waals surface area contributed by atoms with Crippen molar-refractivity contribution in [3.05, 3.63) is 29.8 Å². The molecule has 0 amide bonds. The van der Waals surface area contributed by atoms with E-state index in [0.29, 0.717) is 11.7 Å². The molecule has 0 saturated heterocycles. The molecule has 0 N–H and O–H groups in total. The molecular weight excluding hydrogens is 236 g/mol. The fraction of sp³-hybridized carbons (Fsp3) is 0.588. The zero-order chi connectivity index (χ0) is 13.7. The maximum atomic E-state index is 12.2. The molecule has 104 valence electrons. The van der Waals surface area contributed by atoms with Crippen LogP contribution < -0.4 is 4.74 Å². The van der Waals surface area contributed by atoms with Gasteiger partial charge in [-0.25, -0.2) is 0 Å². The van der Waals surface area contributed by atoms with E-state index < -0.39 is 0 Å². The van der Waals surface area contributed by atoms with Crippen LogP contribution in [0.5, 0.6) is 5.75 Å². The van der Waals surface area contributed by atoms with Crippen LogP contribution in [-0.4, -0.2) is 12.4 Å². The van der Waals surface area contributed by atoms with Gasteiger partial charge in [0.2, 0.25) is 0 Å². The van der Waals surface area contributed by atoms with Gasteiger partial charge < -0.3 is 4.74 Å². The van der Waals surface area contributed by atoms with E-state index in [1.54, 1.807) is 0 Å². The number of benzene rings is 1. The van der Waals surface area contributed by atoms with Crippen molar-refractivity contribution in [3.8, 4) is 5.75 Å². The number of Topliss-reactive ketones (excluding diaryl/α,β-unsaturated/α-hetero) is 1. The summed E-state index contributed by atoms with van der Waals surface area (Å²) < 4.78 is 5.57. The third kappa shape index (κ3) is 3.59. The van der Waals surface area contributed by atoms with Crippen molar-refractivity contribution >= 4 is 5.78 Å². The third-order valence-corrected chi connectivity index (χ3v) is 4.07. The van der Waals surface area contributed by atoms with E-state index in [1.807, 2.05) is 12.1 Å². The monoisotopic (exact) mass is 260 g/mol. The second-order valence-electron chi connectivity index (χ2n) is 5.49. The van der Waals surface area contributed by atoms with Gasteiger partial charge in [0, 0.05) is 12.3 Å². The summed E-state index contributed by atoms with van der Waals surface area (Å²) in [6.45, 7) is 5.03. The fourth-order valence-electron chi connectivity index (χ4n) is 2.81. The van der Waals surface area contributed by atoms with Gasteiger partial charge in [0.1, 0.15) is 11.5 Å². The van der Waals surface area contributed by atoms with Crippen LogP contribution >= 0.6 is 0 Å². The highest BCUT2D eigenvalue weighted by Crippen LogP contribution is 2.34. The first kappa shape index (κ1) is 14.1. The molecule has 0 bridgehead atoms. The maximum Gasteiger partial charge on any atom is 0.140 e. The van der Waals surface area contributed by atoms with E-state index in [4.69, 9.17) is 4.74 Å². The van der Waals surface area contributed by atoms with Crippen molar-refractivity contribution in [2.75, 3.05) is 6.61 Å². The maximum absolute atomic E-state index is 12.2. The standard InChI is InChI=1S/C17H24O2/c1-3-11-19-15-8-6-14(7-9-15)16-10-5-13(4-2)12-17(16)18/h6-9,13,16H,3-5,10-12H2,1-2H3/t13-,16+/m0/s1. The lowest BCUT2D eigenvalue weighted by Crippen LogP contribution is -2.23. The summed E-state index contributed by atoms with van der Waals surface area (Å²) in [7, 11) is 0. The first-order valence-electron chi connectivity index (χ1n) is 7.50. The predicted molar refractivity (Wildman–Crippen MR) is 77.6 cm³/mol. The van der Waals surface area contributed by atoms with Crippen molar-refractivity contribution in [1.82, 2.24) is 0 Å². The molecule has 2 heteroatoms. The largest absolute Gasteiger partial charge is 0.494 e. The van der Waals surface area contributed by atoms with Gasteiger partial charge in [-0.1, -0.05) is 32.4 Å². The lowest BCUT2D eigenvalue weighted by atomic mass is 9.77. The van der Waals surface area contributed by atoms with Gasteiger partial charge in [0.05, 0.1) is 6.61 Å². The average Bonchev–Trinajstić information content (AvgIpc) is 2.45. The van der Waals surface area contributed by atoms with E-state index in [1.165, 1.54) is 6.42 Å². The lowest BCUT2D eigenvalue weighted by molar-refractivity contribution is -0.123. The van der Waals surface area contributed by atoms with Crippen molar-refractivity contribution in [2.24, 2.45) is 5.92 Å². The molecule has 0 aromatic heterocycles. The molecule has 2 nitrogen and oxygen atoms in total. The normalized spacial score (nSPS) is 23.4. The average molecular weight is 260 g/mol. The van der Waals surface area contributed by atoms with E-state index >= 15 is 0 Å². The van der Waals surface area contributed by atoms with Gasteiger partial charge in [0.25, 0.3) is 0 Å². The highest BCUT2D eigenvalue weighted by molar-refractivity contribution is 5.86. The number of hydrogen-bond acceptors (Lipinski definition) is 2. The van der Waals surface area contributed by atoms with Crippen molar-refractivity contribution < 1.29 is 9.53 Å². The smallest absolute Gasteiger partial charge is 0.140 e. The highest BCUT2D eigenvalue weighted by atomic mass is 16.5. The Hall–Kier alpha value is -1.31. The molecule has 19 heavy (non-hydrogen) atoms. The Morgan fingerprint density at radius 1 is 1.16 bits per heavy atom. The first-order valence-corrected chi connectivity index (χ1v) is 7.50. The fourth-order valence-corrected chi connectivity index (χ4v) is 2.81. The summed E-state index contributed by atoms with van der Waals surface area (Å²) >= 11 is 0. The van der Waals surface area contributed by atoms with Crippen LogP contribution in [0, 0.1) is 5.92 Å². The van der Waals surface area contributed by atoms with Gasteiger partial charge in [-0.2, -0.15) is 0 Å². The summed E-state index contributed by atoms with van der Waals surface area (Å²) in [6.07, 6.45) is 5.09. The van der Waals surface area contributed by atoms with Gasteiger partial charge >= 0.3 is 0 Å². The van der Waals surface area contributed by atoms with Crippen LogP contribution in [0.2, 0.25) is 0 Å². The van der Waals surface area contributed by atoms with Crippen LogP contribution in [0.15, 0.2) is 24.3 Å². The molecule has 0 spiro atoms. The van der Waals surface area contributed by atoms with Gasteiger partial charge in [-0.15, -0.1) is 0 Å². The molecule has 1 aliphatic rings. The number of rotatable bonds is 5. The summed E-state index contributed by atoms with van der Waals surface area (Å²) in [6, 6.07) is 8.09. The van der Waals surface area contributed by atoms with Crippen LogP contribution in [0.3, 0.4) is 0 Å². The Bertz CT molecular complexity index is 408. The Labute approximate surface area is 116 Å². The molecule has 0 unspecified atom stereocenters. The Balaban J connectivity index is 2.00. The molecule has 1 aromatic carbocycles. The zero-order valence-electron chi connectivity index (χ0n) is 12.0. The third-order valence-electron chi connectivity index (χ3n) is 4.07. The number of hydrogen-bond donors (Lipinski definition) is 0. The molecule has 1 fully saturated rings. The van der Waals surface area contributed by atoms with Crippen molar-refractivity contribution in [1.29, 1.82) is 0 Å². The van der Waals surface area contributed by atoms with Crippen molar-refractivity contribution in [3.63, 3.8) is 0 Å². The van der Waals surface area contributed by atoms with Gasteiger partial charge in [0.15, 0.2) is 0 Å². The molecule has 2 atom stereocenters. The summed E-state index contributed by atoms with van der Waals surface area (Å²) in [5.41, 5.74) is 1.16. The van der Waals surface area contributed by atoms with E-state index in [-0.39, 0.29) is 5.92 Å². The van der Waals surface area contributed by atoms with E-state index in [0.717, 1.165) is 43.6 Å². The van der Waals surface area contributed by atoms with E-state index in [9.17, 15) is 4.79 Å². The minimum absolute atomic E-state index is 0.114. The minimum Gasteiger partial charge on any atom is -0.494 e. The second kappa shape index (κ2) is 6.74. The van der Waals surface area contributed by atoms with Crippen LogP contribution in [-0.2, 0) is 4.79 Å². The Morgan fingerprint density at radius 3 is 2.47 bits per heavy atom. The topological polar surface area (TPSA) is 26.3 Å². The summed E-state index contributed by atoms with van der Waals surface area (Å²) in [5.74, 6) is 2.04. The molecule has 1 saturated carbocycles. The number of carbonyl (C=O) groups excluding carboxylic acids is 1. The first-order chi connectivity index (χ1) is 9.24. The molecule has 1 aliphatic carbocycles. The molecule has 0 heterocycles. The SMILES string of the molecule is CCCOc1ccc([C@H]2CC[C@H](CC)CC2=O)cc1. The van der Waals surface area contributed by atoms with Gasteiger partial charge in [-0.3, -0.25) is 4.79 Å². The number of ketones is 1. The minimum atomic E-state index is 0.114. The summed E-state index contributed by atoms with van der Waals surface area (Å²) in [4.78, 5) is 12.2. The highest BCUT2D eigenvalue weighted by Gasteiger charge is 2.28. The van der Waals surface area contributed by atoms with Crippen LogP contribution in [0.25, 0.3) is 0 Å². The predicted octanol–water partition coefficient (Wildman–Crippen LogP) is 4.34. The molecular formula is C17H24O2. The Morgan fingerprint density at radius 2 is 1.89 bits per heavy atom. The lowest BCUT2D eigenvalue weighted by Gasteiger charge is -2.27. The van der Waals surface area contributed by atoms with Crippen LogP contribution in [0.4, 0.5) is 0 Å². The van der Waals surface area contributed by atoms with Crippen LogP contribution in [0.1, 0.15) is 57.4 Å². The van der Waals surface area contributed by atoms with E-state index in [2.05, 4.69) is 26.0 Å². The van der Waals surface area contributed by atoms with Gasteiger partial charge in [-0.05, 0) is 42.9 Å². The van der Waals surface area contributed by atoms with Crippen molar-refractivity contribution in [2.45, 2.75) is 51.9 Å². The molecule has 0 aliphatic heterocycles. The quantitative estimate of drug-likeness (QED) is 0.787.